The Morgan fingerprint density at radius 2 is 1.65 bits per heavy atom. The summed E-state index contributed by atoms with van der Waals surface area (Å²) in [6.45, 7) is 3.94. The molecule has 0 bridgehead atoms. The minimum absolute atomic E-state index is 0.538. The molecule has 0 aromatic heterocycles. The highest BCUT2D eigenvalue weighted by Gasteiger charge is 2.06. The van der Waals surface area contributed by atoms with Crippen molar-refractivity contribution in [3.63, 3.8) is 0 Å². The van der Waals surface area contributed by atoms with E-state index in [1.807, 2.05) is 37.4 Å². The number of benzene rings is 2. The van der Waals surface area contributed by atoms with Gasteiger partial charge in [0.15, 0.2) is 0 Å². The molecule has 0 aliphatic heterocycles. The van der Waals surface area contributed by atoms with Gasteiger partial charge in [0.2, 0.25) is 0 Å². The quantitative estimate of drug-likeness (QED) is 0.785. The van der Waals surface area contributed by atoms with Crippen molar-refractivity contribution in [2.45, 2.75) is 13.5 Å². The molecule has 0 fully saturated rings. The van der Waals surface area contributed by atoms with Gasteiger partial charge < -0.3 is 14.8 Å². The Morgan fingerprint density at radius 1 is 0.900 bits per heavy atom. The molecular formula is C17H21NO2. The highest BCUT2D eigenvalue weighted by molar-refractivity contribution is 5.40. The van der Waals surface area contributed by atoms with E-state index in [-0.39, 0.29) is 0 Å². The first kappa shape index (κ1) is 14.4. The maximum Gasteiger partial charge on any atom is 0.126 e. The maximum absolute atomic E-state index is 5.88. The molecule has 3 heteroatoms. The topological polar surface area (TPSA) is 30.5 Å². The molecule has 0 saturated carbocycles. The standard InChI is InChI=1S/C17H21NO2/c1-14-7-6-8-15(13-18-2)17(14)20-12-11-19-16-9-4-3-5-10-16/h3-10,18H,11-13H2,1-2H3. The van der Waals surface area contributed by atoms with E-state index in [2.05, 4.69) is 30.4 Å². The fourth-order valence-electron chi connectivity index (χ4n) is 2.07. The lowest BCUT2D eigenvalue weighted by Gasteiger charge is -2.14. The summed E-state index contributed by atoms with van der Waals surface area (Å²) in [4.78, 5) is 0. The van der Waals surface area contributed by atoms with Gasteiger partial charge in [0.25, 0.3) is 0 Å². The van der Waals surface area contributed by atoms with E-state index in [4.69, 9.17) is 9.47 Å². The Kier molecular flexibility index (Phi) is 5.44. The summed E-state index contributed by atoms with van der Waals surface area (Å²) in [6.07, 6.45) is 0. The molecule has 0 radical (unpaired) electrons. The minimum atomic E-state index is 0.538. The van der Waals surface area contributed by atoms with Gasteiger partial charge in [-0.25, -0.2) is 0 Å². The molecule has 0 saturated heterocycles. The Bertz CT molecular complexity index is 526. The molecule has 1 N–H and O–H groups in total. The predicted molar refractivity (Wildman–Crippen MR) is 81.4 cm³/mol. The van der Waals surface area contributed by atoms with Crippen molar-refractivity contribution < 1.29 is 9.47 Å². The van der Waals surface area contributed by atoms with E-state index in [1.165, 1.54) is 5.56 Å². The third kappa shape index (κ3) is 4.00. The second kappa shape index (κ2) is 7.56. The molecule has 0 amide bonds. The van der Waals surface area contributed by atoms with Crippen molar-refractivity contribution >= 4 is 0 Å². The molecule has 0 aliphatic carbocycles. The lowest BCUT2D eigenvalue weighted by atomic mass is 10.1. The monoisotopic (exact) mass is 271 g/mol. The minimum Gasteiger partial charge on any atom is -0.490 e. The van der Waals surface area contributed by atoms with Gasteiger partial charge in [-0.15, -0.1) is 0 Å². The average molecular weight is 271 g/mol. The van der Waals surface area contributed by atoms with Crippen molar-refractivity contribution in [3.8, 4) is 11.5 Å². The van der Waals surface area contributed by atoms with E-state index in [0.717, 1.165) is 23.6 Å². The highest BCUT2D eigenvalue weighted by Crippen LogP contribution is 2.23. The molecule has 20 heavy (non-hydrogen) atoms. The van der Waals surface area contributed by atoms with Crippen LogP contribution in [0, 0.1) is 6.92 Å². The molecule has 2 rings (SSSR count). The number of hydrogen-bond acceptors (Lipinski definition) is 3. The summed E-state index contributed by atoms with van der Waals surface area (Å²) in [5.41, 5.74) is 2.32. The third-order valence-corrected chi connectivity index (χ3v) is 3.00. The SMILES string of the molecule is CNCc1cccc(C)c1OCCOc1ccccc1. The largest absolute Gasteiger partial charge is 0.490 e. The highest BCUT2D eigenvalue weighted by atomic mass is 16.5. The number of rotatable bonds is 7. The number of ether oxygens (including phenoxy) is 2. The van der Waals surface area contributed by atoms with Crippen LogP contribution in [-0.2, 0) is 6.54 Å². The van der Waals surface area contributed by atoms with Crippen LogP contribution in [0.5, 0.6) is 11.5 Å². The predicted octanol–water partition coefficient (Wildman–Crippen LogP) is 3.17. The van der Waals surface area contributed by atoms with Crippen molar-refractivity contribution in [2.24, 2.45) is 0 Å². The van der Waals surface area contributed by atoms with Gasteiger partial charge in [-0.05, 0) is 31.7 Å². The van der Waals surface area contributed by atoms with Crippen LogP contribution in [0.4, 0.5) is 0 Å². The molecule has 106 valence electrons. The molecular weight excluding hydrogens is 250 g/mol. The first-order valence-electron chi connectivity index (χ1n) is 6.85. The van der Waals surface area contributed by atoms with Gasteiger partial charge in [0.1, 0.15) is 24.7 Å². The maximum atomic E-state index is 5.88. The number of aryl methyl sites for hydroxylation is 1. The summed E-state index contributed by atoms with van der Waals surface area (Å²) >= 11 is 0. The number of nitrogens with one attached hydrogen (secondary N) is 1. The van der Waals surface area contributed by atoms with Crippen LogP contribution in [0.25, 0.3) is 0 Å². The van der Waals surface area contributed by atoms with Crippen LogP contribution >= 0.6 is 0 Å². The normalized spacial score (nSPS) is 10.3. The van der Waals surface area contributed by atoms with Gasteiger partial charge >= 0.3 is 0 Å². The van der Waals surface area contributed by atoms with Crippen molar-refractivity contribution in [1.82, 2.24) is 5.32 Å². The van der Waals surface area contributed by atoms with Crippen LogP contribution < -0.4 is 14.8 Å². The van der Waals surface area contributed by atoms with E-state index < -0.39 is 0 Å². The Balaban J connectivity index is 1.87. The van der Waals surface area contributed by atoms with Gasteiger partial charge in [-0.3, -0.25) is 0 Å². The summed E-state index contributed by atoms with van der Waals surface area (Å²) in [7, 11) is 1.94. The summed E-state index contributed by atoms with van der Waals surface area (Å²) < 4.78 is 11.5. The number of hydrogen-bond donors (Lipinski definition) is 1. The molecule has 3 nitrogen and oxygen atoms in total. The first-order valence-corrected chi connectivity index (χ1v) is 6.85. The van der Waals surface area contributed by atoms with Crippen molar-refractivity contribution in [1.29, 1.82) is 0 Å². The zero-order valence-electron chi connectivity index (χ0n) is 12.1. The van der Waals surface area contributed by atoms with Gasteiger partial charge in [0, 0.05) is 12.1 Å². The Labute approximate surface area is 120 Å². The molecule has 0 spiro atoms. The van der Waals surface area contributed by atoms with E-state index >= 15 is 0 Å². The van der Waals surface area contributed by atoms with E-state index in [0.29, 0.717) is 13.2 Å². The van der Waals surface area contributed by atoms with E-state index in [1.54, 1.807) is 0 Å². The van der Waals surface area contributed by atoms with Crippen molar-refractivity contribution in [2.75, 3.05) is 20.3 Å². The Morgan fingerprint density at radius 3 is 2.40 bits per heavy atom. The molecule has 0 aliphatic rings. The van der Waals surface area contributed by atoms with Crippen LogP contribution in [0.15, 0.2) is 48.5 Å². The number of para-hydroxylation sites is 2. The third-order valence-electron chi connectivity index (χ3n) is 3.00. The Hall–Kier alpha value is -2.00. The molecule has 2 aromatic carbocycles. The molecule has 0 heterocycles. The smallest absolute Gasteiger partial charge is 0.126 e. The lowest BCUT2D eigenvalue weighted by Crippen LogP contribution is -2.13. The first-order chi connectivity index (χ1) is 9.81. The van der Waals surface area contributed by atoms with Crippen LogP contribution in [-0.4, -0.2) is 20.3 Å². The summed E-state index contributed by atoms with van der Waals surface area (Å²) in [6, 6.07) is 16.0. The van der Waals surface area contributed by atoms with Crippen LogP contribution in [0.2, 0.25) is 0 Å². The van der Waals surface area contributed by atoms with E-state index in [9.17, 15) is 0 Å². The van der Waals surface area contributed by atoms with Crippen molar-refractivity contribution in [3.05, 3.63) is 59.7 Å². The molecule has 0 atom stereocenters. The van der Waals surface area contributed by atoms with Gasteiger partial charge in [-0.1, -0.05) is 36.4 Å². The van der Waals surface area contributed by atoms with Crippen LogP contribution in [0.1, 0.15) is 11.1 Å². The second-order valence-corrected chi connectivity index (χ2v) is 4.60. The average Bonchev–Trinajstić information content (AvgIpc) is 2.47. The zero-order chi connectivity index (χ0) is 14.2. The summed E-state index contributed by atoms with van der Waals surface area (Å²) in [5, 5.41) is 3.16. The van der Waals surface area contributed by atoms with Gasteiger partial charge in [0.05, 0.1) is 0 Å². The molecule has 0 unspecified atom stereocenters. The second-order valence-electron chi connectivity index (χ2n) is 4.60. The lowest BCUT2D eigenvalue weighted by molar-refractivity contribution is 0.215. The zero-order valence-corrected chi connectivity index (χ0v) is 12.1. The fourth-order valence-corrected chi connectivity index (χ4v) is 2.07. The van der Waals surface area contributed by atoms with Crippen LogP contribution in [0.3, 0.4) is 0 Å². The summed E-state index contributed by atoms with van der Waals surface area (Å²) in [5.74, 6) is 1.83. The molecule has 2 aromatic rings. The fraction of sp³-hybridized carbons (Fsp3) is 0.294. The van der Waals surface area contributed by atoms with Gasteiger partial charge in [-0.2, -0.15) is 0 Å².